The van der Waals surface area contributed by atoms with Crippen LogP contribution in [0, 0.1) is 5.92 Å². The summed E-state index contributed by atoms with van der Waals surface area (Å²) in [7, 11) is 0. The first kappa shape index (κ1) is 29.5. The average molecular weight is 588 g/mol. The SMILES string of the molecule is C=CCOC(=O)NCc1ccc(C2OC(CSc3nnnn3-c3ccccc3)C(C)C(c3ccc(CO)cc3)O2)cc1. The molecule has 3 aromatic carbocycles. The highest BCUT2D eigenvalue weighted by Gasteiger charge is 2.38. The van der Waals surface area contributed by atoms with Crippen molar-refractivity contribution in [2.45, 2.75) is 43.7 Å². The lowest BCUT2D eigenvalue weighted by Crippen LogP contribution is -2.38. The molecule has 5 rings (SSSR count). The molecule has 2 N–H and O–H groups in total. The van der Waals surface area contributed by atoms with Crippen LogP contribution >= 0.6 is 11.8 Å². The quantitative estimate of drug-likeness (QED) is 0.181. The summed E-state index contributed by atoms with van der Waals surface area (Å²) in [4.78, 5) is 11.8. The predicted octanol–water partition coefficient (Wildman–Crippen LogP) is 5.15. The van der Waals surface area contributed by atoms with Gasteiger partial charge in [0.15, 0.2) is 6.29 Å². The van der Waals surface area contributed by atoms with E-state index in [4.69, 9.17) is 14.2 Å². The van der Waals surface area contributed by atoms with Gasteiger partial charge in [0, 0.05) is 23.8 Å². The van der Waals surface area contributed by atoms with Gasteiger partial charge >= 0.3 is 6.09 Å². The molecule has 1 amide bonds. The molecule has 0 aliphatic carbocycles. The number of aliphatic hydroxyl groups excluding tert-OH is 1. The third kappa shape index (κ3) is 7.24. The lowest BCUT2D eigenvalue weighted by molar-refractivity contribution is -0.268. The number of carbonyl (C=O) groups excluding carboxylic acids is 1. The lowest BCUT2D eigenvalue weighted by Gasteiger charge is -2.41. The molecule has 0 saturated carbocycles. The molecule has 42 heavy (non-hydrogen) atoms. The van der Waals surface area contributed by atoms with Gasteiger partial charge in [-0.3, -0.25) is 0 Å². The third-order valence-electron chi connectivity index (χ3n) is 6.96. The second-order valence-electron chi connectivity index (χ2n) is 9.82. The Kier molecular flexibility index (Phi) is 9.98. The largest absolute Gasteiger partial charge is 0.445 e. The van der Waals surface area contributed by atoms with E-state index >= 15 is 0 Å². The molecule has 11 heteroatoms. The molecule has 0 bridgehead atoms. The van der Waals surface area contributed by atoms with E-state index in [1.807, 2.05) is 78.9 Å². The summed E-state index contributed by atoms with van der Waals surface area (Å²) in [6.07, 6.45) is -0.0177. The summed E-state index contributed by atoms with van der Waals surface area (Å²) in [5.74, 6) is 0.619. The number of para-hydroxylation sites is 1. The Labute approximate surface area is 248 Å². The number of amides is 1. The van der Waals surface area contributed by atoms with Gasteiger partial charge in [-0.2, -0.15) is 4.68 Å². The summed E-state index contributed by atoms with van der Waals surface area (Å²) in [6, 6.07) is 25.3. The van der Waals surface area contributed by atoms with Gasteiger partial charge in [-0.05, 0) is 39.2 Å². The number of aromatic nitrogens is 4. The van der Waals surface area contributed by atoms with E-state index in [9.17, 15) is 9.90 Å². The van der Waals surface area contributed by atoms with Crippen molar-refractivity contribution >= 4 is 17.9 Å². The van der Waals surface area contributed by atoms with Gasteiger partial charge in [0.1, 0.15) is 6.61 Å². The molecular weight excluding hydrogens is 554 g/mol. The second-order valence-corrected chi connectivity index (χ2v) is 10.8. The molecule has 4 unspecified atom stereocenters. The zero-order valence-electron chi connectivity index (χ0n) is 23.2. The molecular formula is C31H33N5O5S. The van der Waals surface area contributed by atoms with E-state index in [0.29, 0.717) is 17.5 Å². The molecule has 4 atom stereocenters. The average Bonchev–Trinajstić information content (AvgIpc) is 3.52. The first-order valence-electron chi connectivity index (χ1n) is 13.6. The van der Waals surface area contributed by atoms with Crippen LogP contribution in [0.2, 0.25) is 0 Å². The fraction of sp³-hybridized carbons (Fsp3) is 0.290. The maximum Gasteiger partial charge on any atom is 0.407 e. The Morgan fingerprint density at radius 1 is 1.05 bits per heavy atom. The fourth-order valence-corrected chi connectivity index (χ4v) is 5.67. The van der Waals surface area contributed by atoms with Crippen molar-refractivity contribution < 1.29 is 24.1 Å². The highest BCUT2D eigenvalue weighted by Crippen LogP contribution is 2.43. The third-order valence-corrected chi connectivity index (χ3v) is 7.97. The number of ether oxygens (including phenoxy) is 3. The maximum atomic E-state index is 11.8. The molecule has 2 heterocycles. The molecule has 218 valence electrons. The number of hydrogen-bond acceptors (Lipinski definition) is 9. The van der Waals surface area contributed by atoms with Crippen molar-refractivity contribution in [2.24, 2.45) is 5.92 Å². The van der Waals surface area contributed by atoms with Crippen molar-refractivity contribution in [3.63, 3.8) is 0 Å². The highest BCUT2D eigenvalue weighted by molar-refractivity contribution is 7.99. The van der Waals surface area contributed by atoms with Crippen LogP contribution in [0.1, 0.15) is 41.6 Å². The van der Waals surface area contributed by atoms with E-state index in [0.717, 1.165) is 27.9 Å². The zero-order chi connectivity index (χ0) is 29.3. The molecule has 1 aliphatic rings. The normalized spacial score (nSPS) is 20.1. The number of thioether (sulfide) groups is 1. The summed E-state index contributed by atoms with van der Waals surface area (Å²) in [6.45, 7) is 6.12. The Balaban J connectivity index is 1.33. The first-order chi connectivity index (χ1) is 20.6. The van der Waals surface area contributed by atoms with Gasteiger partial charge in [-0.1, -0.05) is 98.1 Å². The number of carbonyl (C=O) groups is 1. The molecule has 1 aromatic heterocycles. The summed E-state index contributed by atoms with van der Waals surface area (Å²) in [5.41, 5.74) is 4.51. The Morgan fingerprint density at radius 2 is 1.76 bits per heavy atom. The molecule has 0 spiro atoms. The highest BCUT2D eigenvalue weighted by atomic mass is 32.2. The van der Waals surface area contributed by atoms with Crippen molar-refractivity contribution in [1.82, 2.24) is 25.5 Å². The van der Waals surface area contributed by atoms with Crippen LogP contribution in [-0.4, -0.2) is 49.9 Å². The molecule has 4 aromatic rings. The Hall–Kier alpha value is -4.03. The number of hydrogen-bond donors (Lipinski definition) is 2. The van der Waals surface area contributed by atoms with E-state index in [-0.39, 0.29) is 31.3 Å². The van der Waals surface area contributed by atoms with Crippen LogP contribution in [0.4, 0.5) is 4.79 Å². The first-order valence-corrected chi connectivity index (χ1v) is 14.6. The van der Waals surface area contributed by atoms with Crippen LogP contribution < -0.4 is 5.32 Å². The number of nitrogens with zero attached hydrogens (tertiary/aromatic N) is 4. The van der Waals surface area contributed by atoms with Crippen LogP contribution in [0.25, 0.3) is 5.69 Å². The molecule has 0 radical (unpaired) electrons. The standard InChI is InChI=1S/C31H33N5O5S/c1-3-17-39-31(38)32-18-22-9-15-25(16-10-22)29-40-27(21(2)28(41-29)24-13-11-23(19-37)12-14-24)20-42-30-33-34-35-36(30)26-7-5-4-6-8-26/h3-16,21,27-29,37H,1,17-20H2,2H3,(H,32,38). The Morgan fingerprint density at radius 3 is 2.48 bits per heavy atom. The van der Waals surface area contributed by atoms with Gasteiger partial charge < -0.3 is 24.6 Å². The summed E-state index contributed by atoms with van der Waals surface area (Å²) in [5, 5.41) is 25.2. The van der Waals surface area contributed by atoms with Crippen molar-refractivity contribution in [3.8, 4) is 5.69 Å². The van der Waals surface area contributed by atoms with Crippen LogP contribution in [0.5, 0.6) is 0 Å². The number of benzene rings is 3. The van der Waals surface area contributed by atoms with Gasteiger partial charge in [0.05, 0.1) is 24.5 Å². The minimum Gasteiger partial charge on any atom is -0.445 e. The Bertz CT molecular complexity index is 1450. The van der Waals surface area contributed by atoms with Crippen LogP contribution in [0.3, 0.4) is 0 Å². The van der Waals surface area contributed by atoms with Crippen molar-refractivity contribution in [1.29, 1.82) is 0 Å². The summed E-state index contributed by atoms with van der Waals surface area (Å²) >= 11 is 1.53. The molecule has 10 nitrogen and oxygen atoms in total. The van der Waals surface area contributed by atoms with Crippen LogP contribution in [-0.2, 0) is 27.4 Å². The van der Waals surface area contributed by atoms with Crippen molar-refractivity contribution in [2.75, 3.05) is 12.4 Å². The minimum absolute atomic E-state index is 0.0137. The van der Waals surface area contributed by atoms with Crippen LogP contribution in [0.15, 0.2) is 96.7 Å². The van der Waals surface area contributed by atoms with Gasteiger partial charge in [0.2, 0.25) is 5.16 Å². The van der Waals surface area contributed by atoms with Crippen molar-refractivity contribution in [3.05, 3.63) is 114 Å². The van der Waals surface area contributed by atoms with E-state index in [2.05, 4.69) is 34.3 Å². The number of nitrogens with one attached hydrogen (secondary N) is 1. The smallest absolute Gasteiger partial charge is 0.407 e. The second kappa shape index (κ2) is 14.2. The van der Waals surface area contributed by atoms with E-state index < -0.39 is 12.4 Å². The molecule has 1 fully saturated rings. The molecule has 1 aliphatic heterocycles. The fourth-order valence-electron chi connectivity index (χ4n) is 4.62. The van der Waals surface area contributed by atoms with Gasteiger partial charge in [-0.15, -0.1) is 5.10 Å². The number of aliphatic hydroxyl groups is 1. The monoisotopic (exact) mass is 587 g/mol. The number of alkyl carbamates (subject to hydrolysis) is 1. The number of rotatable bonds is 11. The molecule has 1 saturated heterocycles. The maximum absolute atomic E-state index is 11.8. The van der Waals surface area contributed by atoms with E-state index in [1.54, 1.807) is 4.68 Å². The topological polar surface area (TPSA) is 121 Å². The van der Waals surface area contributed by atoms with E-state index in [1.165, 1.54) is 17.8 Å². The predicted molar refractivity (Wildman–Crippen MR) is 158 cm³/mol. The number of tetrazole rings is 1. The minimum atomic E-state index is -0.612. The summed E-state index contributed by atoms with van der Waals surface area (Å²) < 4.78 is 19.8. The lowest BCUT2D eigenvalue weighted by atomic mass is 9.91. The zero-order valence-corrected chi connectivity index (χ0v) is 24.0. The van der Waals surface area contributed by atoms with Gasteiger partial charge in [0.25, 0.3) is 0 Å². The van der Waals surface area contributed by atoms with Gasteiger partial charge in [-0.25, -0.2) is 4.79 Å².